The van der Waals surface area contributed by atoms with Gasteiger partial charge in [0, 0.05) is 61.9 Å². The zero-order valence-corrected chi connectivity index (χ0v) is 18.7. The molecule has 0 saturated carbocycles. The lowest BCUT2D eigenvalue weighted by Crippen LogP contribution is -2.48. The van der Waals surface area contributed by atoms with E-state index in [1.165, 1.54) is 17.3 Å². The first kappa shape index (κ1) is 21.0. The summed E-state index contributed by atoms with van der Waals surface area (Å²) in [5.41, 5.74) is 3.43. The highest BCUT2D eigenvalue weighted by molar-refractivity contribution is 8.18. The van der Waals surface area contributed by atoms with Gasteiger partial charge in [0.25, 0.3) is 5.91 Å². The Morgan fingerprint density at radius 2 is 1.75 bits per heavy atom. The zero-order chi connectivity index (χ0) is 21.9. The van der Waals surface area contributed by atoms with E-state index in [1.54, 1.807) is 0 Å². The summed E-state index contributed by atoms with van der Waals surface area (Å²) in [4.78, 5) is 22.1. The van der Waals surface area contributed by atoms with Crippen LogP contribution in [0.1, 0.15) is 11.1 Å². The number of hydrogen-bond donors (Lipinski definition) is 1. The molecule has 3 heterocycles. The number of rotatable bonds is 5. The molecule has 2 aliphatic rings. The van der Waals surface area contributed by atoms with E-state index in [4.69, 9.17) is 5.11 Å². The van der Waals surface area contributed by atoms with Crippen molar-refractivity contribution in [2.45, 2.75) is 6.54 Å². The average molecular weight is 447 g/mol. The topological polar surface area (TPSA) is 61.1 Å². The van der Waals surface area contributed by atoms with Crippen LogP contribution in [-0.4, -0.2) is 69.9 Å². The van der Waals surface area contributed by atoms with Crippen LogP contribution in [0.25, 0.3) is 17.0 Å². The second-order valence-corrected chi connectivity index (χ2v) is 9.09. The molecule has 2 aromatic carbocycles. The van der Waals surface area contributed by atoms with E-state index in [1.807, 2.05) is 24.3 Å². The number of amides is 1. The third-order valence-electron chi connectivity index (χ3n) is 5.97. The maximum Gasteiger partial charge on any atom is 0.286 e. The van der Waals surface area contributed by atoms with E-state index >= 15 is 0 Å². The molecule has 0 unspecified atom stereocenters. The molecule has 0 aliphatic carbocycles. The Balaban J connectivity index is 1.36. The minimum atomic E-state index is -0.164. The Hall–Kier alpha value is -2.87. The molecule has 2 aliphatic heterocycles. The summed E-state index contributed by atoms with van der Waals surface area (Å²) in [7, 11) is 0. The van der Waals surface area contributed by atoms with Gasteiger partial charge < -0.3 is 14.6 Å². The Bertz CT molecular complexity index is 1180. The number of aliphatic imine (C=N–C) groups is 1. The largest absolute Gasteiger partial charge is 0.395 e. The third kappa shape index (κ3) is 4.37. The van der Waals surface area contributed by atoms with Crippen LogP contribution in [0.2, 0.25) is 0 Å². The molecule has 1 saturated heterocycles. The molecule has 7 heteroatoms. The molecule has 1 aromatic heterocycles. The van der Waals surface area contributed by atoms with Crippen molar-refractivity contribution < 1.29 is 9.90 Å². The van der Waals surface area contributed by atoms with Crippen LogP contribution in [0.15, 0.2) is 70.7 Å². The van der Waals surface area contributed by atoms with E-state index in [9.17, 15) is 4.79 Å². The summed E-state index contributed by atoms with van der Waals surface area (Å²) in [5.74, 6) is -0.164. The molecule has 32 heavy (non-hydrogen) atoms. The Kier molecular flexibility index (Phi) is 6.12. The van der Waals surface area contributed by atoms with Gasteiger partial charge in [-0.1, -0.05) is 48.5 Å². The van der Waals surface area contributed by atoms with E-state index < -0.39 is 0 Å². The quantitative estimate of drug-likeness (QED) is 0.610. The Morgan fingerprint density at radius 3 is 2.53 bits per heavy atom. The van der Waals surface area contributed by atoms with Crippen LogP contribution >= 0.6 is 11.8 Å². The van der Waals surface area contributed by atoms with Gasteiger partial charge in [-0.05, 0) is 29.5 Å². The number of hydrogen-bond acceptors (Lipinski definition) is 5. The molecular formula is C25H26N4O2S. The highest BCUT2D eigenvalue weighted by Crippen LogP contribution is 2.33. The highest BCUT2D eigenvalue weighted by Gasteiger charge is 2.28. The third-order valence-corrected chi connectivity index (χ3v) is 7.01. The van der Waals surface area contributed by atoms with Crippen LogP contribution in [0.5, 0.6) is 0 Å². The second-order valence-electron chi connectivity index (χ2n) is 8.08. The number of thioether (sulfide) groups is 1. The van der Waals surface area contributed by atoms with Crippen LogP contribution in [0.4, 0.5) is 0 Å². The monoisotopic (exact) mass is 446 g/mol. The van der Waals surface area contributed by atoms with Crippen LogP contribution in [0.3, 0.4) is 0 Å². The van der Waals surface area contributed by atoms with Crippen LogP contribution in [0, 0.1) is 0 Å². The van der Waals surface area contributed by atoms with E-state index in [0.29, 0.717) is 11.4 Å². The fourth-order valence-electron chi connectivity index (χ4n) is 4.28. The fourth-order valence-corrected chi connectivity index (χ4v) is 5.24. The maximum absolute atomic E-state index is 12.7. The lowest BCUT2D eigenvalue weighted by molar-refractivity contribution is -0.113. The summed E-state index contributed by atoms with van der Waals surface area (Å²) in [6.07, 6.45) is 4.11. The summed E-state index contributed by atoms with van der Waals surface area (Å²) in [6, 6.07) is 18.7. The summed E-state index contributed by atoms with van der Waals surface area (Å²) < 4.78 is 2.24. The number of amidine groups is 1. The smallest absolute Gasteiger partial charge is 0.286 e. The fraction of sp³-hybridized carbons (Fsp3) is 0.280. The number of fused-ring (bicyclic) bond motifs is 1. The number of aliphatic hydroxyl groups excluding tert-OH is 1. The molecule has 1 amide bonds. The first-order valence-electron chi connectivity index (χ1n) is 10.9. The van der Waals surface area contributed by atoms with Crippen LogP contribution in [-0.2, 0) is 11.3 Å². The van der Waals surface area contributed by atoms with Gasteiger partial charge in [-0.3, -0.25) is 9.69 Å². The molecule has 0 radical (unpaired) electrons. The number of carbonyl (C=O) groups excluding carboxylic acids is 1. The first-order chi connectivity index (χ1) is 15.7. The standard InChI is InChI=1S/C25H26N4O2S/c30-15-14-27-10-12-28(13-11-27)25-26-24(31)23(32-25)16-20-18-29(17-19-6-2-1-3-7-19)22-9-5-4-8-21(20)22/h1-9,16,18,30H,10-15,17H2/b23-16+. The minimum absolute atomic E-state index is 0.164. The first-order valence-corrected chi connectivity index (χ1v) is 11.8. The summed E-state index contributed by atoms with van der Waals surface area (Å²) in [5, 5.41) is 11.1. The van der Waals surface area contributed by atoms with Crippen molar-refractivity contribution in [1.82, 2.24) is 14.4 Å². The molecule has 3 aromatic rings. The molecule has 0 bridgehead atoms. The minimum Gasteiger partial charge on any atom is -0.395 e. The molecular weight excluding hydrogens is 420 g/mol. The SMILES string of the molecule is O=C1N=C(N2CCN(CCO)CC2)S/C1=C/c1cn(Cc2ccccc2)c2ccccc12. The number of piperazine rings is 1. The van der Waals surface area contributed by atoms with Gasteiger partial charge in [0.05, 0.1) is 11.5 Å². The number of nitrogens with zero attached hydrogens (tertiary/aromatic N) is 4. The Morgan fingerprint density at radius 1 is 1.00 bits per heavy atom. The maximum atomic E-state index is 12.7. The summed E-state index contributed by atoms with van der Waals surface area (Å²) >= 11 is 1.47. The number of benzene rings is 2. The molecule has 1 fully saturated rings. The molecule has 5 rings (SSSR count). The second kappa shape index (κ2) is 9.32. The number of carbonyl (C=O) groups is 1. The van der Waals surface area contributed by atoms with Gasteiger partial charge in [0.1, 0.15) is 0 Å². The predicted molar refractivity (Wildman–Crippen MR) is 131 cm³/mol. The van der Waals surface area contributed by atoms with Crippen molar-refractivity contribution in [3.05, 3.63) is 76.8 Å². The number of aliphatic hydroxyl groups is 1. The van der Waals surface area contributed by atoms with Gasteiger partial charge in [0.2, 0.25) is 0 Å². The van der Waals surface area contributed by atoms with Gasteiger partial charge in [-0.25, -0.2) is 0 Å². The molecule has 6 nitrogen and oxygen atoms in total. The van der Waals surface area contributed by atoms with Crippen molar-refractivity contribution in [3.63, 3.8) is 0 Å². The number of β-amino-alcohol motifs (C(OH)–C–C–N with tert-alkyl or cyclic N) is 1. The van der Waals surface area contributed by atoms with E-state index in [-0.39, 0.29) is 12.5 Å². The highest BCUT2D eigenvalue weighted by atomic mass is 32.2. The van der Waals surface area contributed by atoms with Gasteiger partial charge >= 0.3 is 0 Å². The van der Waals surface area contributed by atoms with Crippen molar-refractivity contribution >= 4 is 39.8 Å². The van der Waals surface area contributed by atoms with Crippen molar-refractivity contribution in [2.24, 2.45) is 4.99 Å². The van der Waals surface area contributed by atoms with E-state index in [2.05, 4.69) is 62.0 Å². The molecule has 0 spiro atoms. The lowest BCUT2D eigenvalue weighted by Gasteiger charge is -2.34. The van der Waals surface area contributed by atoms with Crippen LogP contribution < -0.4 is 0 Å². The van der Waals surface area contributed by atoms with Gasteiger partial charge in [0.15, 0.2) is 5.17 Å². The Labute approximate surface area is 191 Å². The number of para-hydroxylation sites is 1. The molecule has 0 atom stereocenters. The predicted octanol–water partition coefficient (Wildman–Crippen LogP) is 3.27. The van der Waals surface area contributed by atoms with Crippen molar-refractivity contribution in [3.8, 4) is 0 Å². The van der Waals surface area contributed by atoms with E-state index in [0.717, 1.165) is 54.4 Å². The van der Waals surface area contributed by atoms with Crippen molar-refractivity contribution in [1.29, 1.82) is 0 Å². The average Bonchev–Trinajstić information content (AvgIpc) is 3.36. The number of aromatic nitrogens is 1. The lowest BCUT2D eigenvalue weighted by atomic mass is 10.1. The van der Waals surface area contributed by atoms with Gasteiger partial charge in [-0.2, -0.15) is 4.99 Å². The molecule has 164 valence electrons. The molecule has 1 N–H and O–H groups in total. The summed E-state index contributed by atoms with van der Waals surface area (Å²) in [6.45, 7) is 5.06. The normalized spacial score (nSPS) is 18.7. The van der Waals surface area contributed by atoms with Crippen molar-refractivity contribution in [2.75, 3.05) is 39.3 Å². The van der Waals surface area contributed by atoms with Gasteiger partial charge in [-0.15, -0.1) is 0 Å². The zero-order valence-electron chi connectivity index (χ0n) is 17.9.